The molecule has 4 heteroatoms. The van der Waals surface area contributed by atoms with Crippen LogP contribution < -0.4 is 5.32 Å². The second-order valence-electron chi connectivity index (χ2n) is 14.4. The van der Waals surface area contributed by atoms with Gasteiger partial charge < -0.3 is 9.88 Å². The van der Waals surface area contributed by atoms with E-state index in [4.69, 9.17) is 0 Å². The van der Waals surface area contributed by atoms with Crippen LogP contribution in [0.2, 0.25) is 0 Å². The molecule has 4 saturated carbocycles. The minimum absolute atomic E-state index is 0.351. The molecule has 1 N–H and O–H groups in total. The van der Waals surface area contributed by atoms with Crippen LogP contribution >= 0.6 is 0 Å². The van der Waals surface area contributed by atoms with E-state index in [2.05, 4.69) is 49.5 Å². The summed E-state index contributed by atoms with van der Waals surface area (Å²) in [7, 11) is 0. The molecule has 1 aromatic rings. The lowest BCUT2D eigenvalue weighted by Gasteiger charge is -2.60. The number of carbonyl (C=O) groups excluding carboxylic acids is 1. The standard InChI is InChI=1S/C32H53N3O/c1-22(2)7-6-8-23(3)26-9-10-27-30-28(12-14-32(26,27)5)31(4)13-11-25(19-24(31)20-29(30)36)34-16-18-35-17-15-33-21-35/h15,17,21-28,30,34H,6-14,16,18-20H2,1-5H3/t23-,24-,25-,26-,27+,28+,30+,31+,32-/m1/s1. The predicted octanol–water partition coefficient (Wildman–Crippen LogP) is 7.14. The molecule has 9 atom stereocenters. The molecule has 0 amide bonds. The van der Waals surface area contributed by atoms with Crippen molar-refractivity contribution in [2.75, 3.05) is 6.54 Å². The van der Waals surface area contributed by atoms with Gasteiger partial charge in [0.1, 0.15) is 5.78 Å². The summed E-state index contributed by atoms with van der Waals surface area (Å²) in [5, 5.41) is 3.82. The summed E-state index contributed by atoms with van der Waals surface area (Å²) in [5.41, 5.74) is 0.757. The monoisotopic (exact) mass is 495 g/mol. The van der Waals surface area contributed by atoms with Crippen LogP contribution in [0.1, 0.15) is 105 Å². The van der Waals surface area contributed by atoms with Gasteiger partial charge in [-0.15, -0.1) is 0 Å². The number of fused-ring (bicyclic) bond motifs is 5. The van der Waals surface area contributed by atoms with Crippen LogP contribution in [0.25, 0.3) is 0 Å². The van der Waals surface area contributed by atoms with Crippen molar-refractivity contribution in [2.45, 2.75) is 118 Å². The molecule has 0 bridgehead atoms. The van der Waals surface area contributed by atoms with Crippen LogP contribution in [0.15, 0.2) is 18.7 Å². The van der Waals surface area contributed by atoms with Crippen molar-refractivity contribution >= 4 is 5.78 Å². The van der Waals surface area contributed by atoms with Gasteiger partial charge in [-0.05, 0) is 91.3 Å². The first-order valence-electron chi connectivity index (χ1n) is 15.4. The number of imidazole rings is 1. The van der Waals surface area contributed by atoms with Gasteiger partial charge in [0, 0.05) is 43.9 Å². The molecule has 4 aliphatic carbocycles. The smallest absolute Gasteiger partial charge is 0.136 e. The molecule has 4 aliphatic rings. The van der Waals surface area contributed by atoms with Crippen molar-refractivity contribution in [2.24, 2.45) is 52.3 Å². The van der Waals surface area contributed by atoms with Crippen molar-refractivity contribution in [1.82, 2.24) is 14.9 Å². The van der Waals surface area contributed by atoms with Crippen molar-refractivity contribution < 1.29 is 4.79 Å². The van der Waals surface area contributed by atoms with E-state index in [-0.39, 0.29) is 0 Å². The molecule has 4 nitrogen and oxygen atoms in total. The Kier molecular flexibility index (Phi) is 7.74. The Hall–Kier alpha value is -1.16. The lowest BCUT2D eigenvalue weighted by Crippen LogP contribution is -2.58. The van der Waals surface area contributed by atoms with Gasteiger partial charge in [-0.25, -0.2) is 4.98 Å². The topological polar surface area (TPSA) is 46.9 Å². The molecule has 0 radical (unpaired) electrons. The number of Topliss-reactive ketones (excluding diaryl/α,β-unsaturated/α-hetero) is 1. The molecule has 4 fully saturated rings. The summed E-state index contributed by atoms with van der Waals surface area (Å²) in [4.78, 5) is 18.0. The van der Waals surface area contributed by atoms with Crippen molar-refractivity contribution in [3.05, 3.63) is 18.7 Å². The number of carbonyl (C=O) groups is 1. The molecule has 36 heavy (non-hydrogen) atoms. The second-order valence-corrected chi connectivity index (χ2v) is 14.4. The van der Waals surface area contributed by atoms with Gasteiger partial charge in [0.05, 0.1) is 6.33 Å². The largest absolute Gasteiger partial charge is 0.336 e. The third kappa shape index (κ3) is 4.85. The summed E-state index contributed by atoms with van der Waals surface area (Å²) < 4.78 is 2.15. The minimum Gasteiger partial charge on any atom is -0.336 e. The van der Waals surface area contributed by atoms with Crippen LogP contribution in [-0.2, 0) is 11.3 Å². The first-order valence-corrected chi connectivity index (χ1v) is 15.4. The number of nitrogens with one attached hydrogen (secondary N) is 1. The Labute approximate surface area is 220 Å². The van der Waals surface area contributed by atoms with E-state index in [0.29, 0.717) is 46.3 Å². The van der Waals surface area contributed by atoms with E-state index in [1.165, 1.54) is 64.2 Å². The van der Waals surface area contributed by atoms with Gasteiger partial charge in [0.25, 0.3) is 0 Å². The predicted molar refractivity (Wildman–Crippen MR) is 147 cm³/mol. The minimum atomic E-state index is 0.351. The van der Waals surface area contributed by atoms with Crippen LogP contribution in [0.4, 0.5) is 0 Å². The van der Waals surface area contributed by atoms with Gasteiger partial charge in [0.15, 0.2) is 0 Å². The van der Waals surface area contributed by atoms with E-state index in [9.17, 15) is 4.79 Å². The number of hydrogen-bond acceptors (Lipinski definition) is 3. The zero-order chi connectivity index (χ0) is 25.5. The molecule has 1 aromatic heterocycles. The SMILES string of the molecule is CC(C)CCC[C@@H](C)[C@H]1CC[C@H]2[C@@H]3C(=O)C[C@H]4C[C@H](NCCn5ccnc5)CC[C@]4(C)[C@H]3CC[C@]12C. The van der Waals surface area contributed by atoms with E-state index in [1.807, 2.05) is 18.7 Å². The van der Waals surface area contributed by atoms with Gasteiger partial charge >= 0.3 is 0 Å². The molecule has 1 heterocycles. The lowest BCUT2D eigenvalue weighted by atomic mass is 9.44. The summed E-state index contributed by atoms with van der Waals surface area (Å²) in [6, 6.07) is 0.562. The Morgan fingerprint density at radius 1 is 1.06 bits per heavy atom. The maximum Gasteiger partial charge on any atom is 0.136 e. The fourth-order valence-corrected chi connectivity index (χ4v) is 9.96. The fraction of sp³-hybridized carbons (Fsp3) is 0.875. The molecule has 0 unspecified atom stereocenters. The molecular weight excluding hydrogens is 442 g/mol. The van der Waals surface area contributed by atoms with Crippen molar-refractivity contribution in [1.29, 1.82) is 0 Å². The zero-order valence-electron chi connectivity index (χ0n) is 23.8. The molecule has 0 spiro atoms. The molecule has 0 aromatic carbocycles. The zero-order valence-corrected chi connectivity index (χ0v) is 23.8. The number of nitrogens with zero attached hydrogens (tertiary/aromatic N) is 2. The summed E-state index contributed by atoms with van der Waals surface area (Å²) in [5.74, 6) is 5.28. The summed E-state index contributed by atoms with van der Waals surface area (Å²) in [6.45, 7) is 14.4. The summed E-state index contributed by atoms with van der Waals surface area (Å²) >= 11 is 0. The number of hydrogen-bond donors (Lipinski definition) is 1. The highest BCUT2D eigenvalue weighted by atomic mass is 16.1. The van der Waals surface area contributed by atoms with Crippen molar-refractivity contribution in [3.8, 4) is 0 Å². The first-order chi connectivity index (χ1) is 17.2. The van der Waals surface area contributed by atoms with Crippen LogP contribution in [0.3, 0.4) is 0 Å². The Morgan fingerprint density at radius 2 is 1.83 bits per heavy atom. The lowest BCUT2D eigenvalue weighted by molar-refractivity contribution is -0.157. The van der Waals surface area contributed by atoms with Gasteiger partial charge in [-0.1, -0.05) is 53.9 Å². The molecule has 0 aliphatic heterocycles. The van der Waals surface area contributed by atoms with Crippen LogP contribution in [-0.4, -0.2) is 27.9 Å². The maximum atomic E-state index is 13.9. The Morgan fingerprint density at radius 3 is 2.58 bits per heavy atom. The number of aromatic nitrogens is 2. The quantitative estimate of drug-likeness (QED) is 0.396. The fourth-order valence-electron chi connectivity index (χ4n) is 9.96. The Balaban J connectivity index is 1.22. The highest BCUT2D eigenvalue weighted by Crippen LogP contribution is 2.67. The number of ketones is 1. The number of rotatable bonds is 9. The highest BCUT2D eigenvalue weighted by molar-refractivity contribution is 5.83. The van der Waals surface area contributed by atoms with Crippen LogP contribution in [0, 0.1) is 52.3 Å². The summed E-state index contributed by atoms with van der Waals surface area (Å²) in [6.07, 6.45) is 19.8. The molecule has 5 rings (SSSR count). The van der Waals surface area contributed by atoms with Gasteiger partial charge in [-0.2, -0.15) is 0 Å². The van der Waals surface area contributed by atoms with E-state index >= 15 is 0 Å². The third-order valence-corrected chi connectivity index (χ3v) is 12.0. The highest BCUT2D eigenvalue weighted by Gasteiger charge is 2.63. The van der Waals surface area contributed by atoms with Crippen LogP contribution in [0.5, 0.6) is 0 Å². The maximum absolute atomic E-state index is 13.9. The molecule has 202 valence electrons. The first kappa shape index (κ1) is 26.4. The van der Waals surface area contributed by atoms with E-state index < -0.39 is 0 Å². The Bertz CT molecular complexity index is 880. The average molecular weight is 496 g/mol. The van der Waals surface area contributed by atoms with Gasteiger partial charge in [0.2, 0.25) is 0 Å². The van der Waals surface area contributed by atoms with Crippen molar-refractivity contribution in [3.63, 3.8) is 0 Å². The normalized spacial score (nSPS) is 41.1. The molecule has 0 saturated heterocycles. The molecular formula is C32H53N3O. The van der Waals surface area contributed by atoms with E-state index in [1.54, 1.807) is 0 Å². The second kappa shape index (κ2) is 10.5. The van der Waals surface area contributed by atoms with Gasteiger partial charge in [-0.3, -0.25) is 4.79 Å². The third-order valence-electron chi connectivity index (χ3n) is 12.0. The average Bonchev–Trinajstić information content (AvgIpc) is 3.47. The van der Waals surface area contributed by atoms with E-state index in [0.717, 1.165) is 37.3 Å².